The summed E-state index contributed by atoms with van der Waals surface area (Å²) < 4.78 is 0. The Morgan fingerprint density at radius 3 is 2.09 bits per heavy atom. The van der Waals surface area contributed by atoms with Crippen LogP contribution in [0.3, 0.4) is 0 Å². The van der Waals surface area contributed by atoms with Crippen LogP contribution in [0.4, 0.5) is 11.4 Å². The number of allylic oxidation sites excluding steroid dienone is 2. The summed E-state index contributed by atoms with van der Waals surface area (Å²) in [6.45, 7) is 10.8. The molecule has 0 heterocycles. The topological polar surface area (TPSA) is 57.7 Å². The molecule has 1 aliphatic rings. The Kier molecular flexibility index (Phi) is 9.79. The van der Waals surface area contributed by atoms with Crippen molar-refractivity contribution in [1.29, 1.82) is 0 Å². The molecule has 0 N–H and O–H groups in total. The highest BCUT2D eigenvalue weighted by Crippen LogP contribution is 2.52. The second kappa shape index (κ2) is 11.7. The molecule has 2 rings (SSSR count). The lowest BCUT2D eigenvalue weighted by Gasteiger charge is -2.49. The number of alkyl halides is 2. The highest BCUT2D eigenvalue weighted by molar-refractivity contribution is 6.18. The monoisotopic (exact) mass is 508 g/mol. The fraction of sp³-hybridized carbons (Fsp3) is 0.593. The summed E-state index contributed by atoms with van der Waals surface area (Å²) in [4.78, 5) is 43.3. The van der Waals surface area contributed by atoms with Gasteiger partial charge in [-0.2, -0.15) is 0 Å². The number of ketones is 2. The fourth-order valence-corrected chi connectivity index (χ4v) is 5.33. The Bertz CT molecular complexity index is 920. The van der Waals surface area contributed by atoms with Crippen LogP contribution >= 0.6 is 23.2 Å². The number of carbonyl (C=O) groups is 3. The summed E-state index contributed by atoms with van der Waals surface area (Å²) >= 11 is 11.8. The predicted molar refractivity (Wildman–Crippen MR) is 142 cm³/mol. The van der Waals surface area contributed by atoms with E-state index in [2.05, 4.69) is 4.90 Å². The maximum absolute atomic E-state index is 13.4. The highest BCUT2D eigenvalue weighted by atomic mass is 35.5. The van der Waals surface area contributed by atoms with Crippen molar-refractivity contribution in [3.8, 4) is 0 Å². The second-order valence-electron chi connectivity index (χ2n) is 9.99. The van der Waals surface area contributed by atoms with E-state index in [4.69, 9.17) is 23.2 Å². The zero-order valence-electron chi connectivity index (χ0n) is 21.3. The first-order valence-electron chi connectivity index (χ1n) is 11.9. The number of halogens is 2. The lowest BCUT2D eigenvalue weighted by atomic mass is 9.52. The average molecular weight is 510 g/mol. The Labute approximate surface area is 214 Å². The summed E-state index contributed by atoms with van der Waals surface area (Å²) in [5, 5.41) is 0. The Hall–Kier alpha value is -1.85. The maximum atomic E-state index is 13.4. The van der Waals surface area contributed by atoms with E-state index in [0.29, 0.717) is 36.8 Å². The number of nitrogens with zero attached hydrogens (tertiary/aromatic N) is 2. The van der Waals surface area contributed by atoms with E-state index in [-0.39, 0.29) is 23.9 Å². The van der Waals surface area contributed by atoms with E-state index >= 15 is 0 Å². The van der Waals surface area contributed by atoms with Crippen LogP contribution in [0.1, 0.15) is 53.9 Å². The second-order valence-corrected chi connectivity index (χ2v) is 10.8. The van der Waals surface area contributed by atoms with Crippen LogP contribution in [0.25, 0.3) is 0 Å². The summed E-state index contributed by atoms with van der Waals surface area (Å²) in [6.07, 6.45) is 3.05. The average Bonchev–Trinajstić information content (AvgIpc) is 2.79. The molecule has 1 amide bonds. The standard InChI is InChI=1S/C27H38Cl2N2O3/c1-7-8-22-25(34)19(2)17-23(32)27(22,5)26(3,4)18-24(33)30(6)20-9-11-21(12-10-20)31(15-13-28)16-14-29/h9-12,17,22H,7-8,13-16,18H2,1-6H3. The van der Waals surface area contributed by atoms with Crippen LogP contribution in [0.15, 0.2) is 35.9 Å². The molecule has 7 heteroatoms. The molecule has 0 saturated heterocycles. The Morgan fingerprint density at radius 1 is 1.06 bits per heavy atom. The van der Waals surface area contributed by atoms with Gasteiger partial charge >= 0.3 is 0 Å². The molecule has 1 aromatic carbocycles. The number of anilines is 2. The molecule has 0 aliphatic heterocycles. The first kappa shape index (κ1) is 28.4. The normalized spacial score (nSPS) is 20.8. The van der Waals surface area contributed by atoms with Crippen molar-refractivity contribution >= 4 is 52.1 Å². The van der Waals surface area contributed by atoms with Crippen LogP contribution in [0, 0.1) is 16.7 Å². The first-order valence-corrected chi connectivity index (χ1v) is 13.0. The fourth-order valence-electron chi connectivity index (χ4n) is 4.93. The van der Waals surface area contributed by atoms with Gasteiger partial charge in [0.1, 0.15) is 0 Å². The molecule has 34 heavy (non-hydrogen) atoms. The third-order valence-electron chi connectivity index (χ3n) is 7.52. The summed E-state index contributed by atoms with van der Waals surface area (Å²) in [5.74, 6) is 0.439. The lowest BCUT2D eigenvalue weighted by Crippen LogP contribution is -2.53. The minimum Gasteiger partial charge on any atom is -0.369 e. The molecular formula is C27H38Cl2N2O3. The molecule has 0 fully saturated rings. The van der Waals surface area contributed by atoms with Gasteiger partial charge in [-0.15, -0.1) is 23.2 Å². The summed E-state index contributed by atoms with van der Waals surface area (Å²) in [5.41, 5.74) is 0.619. The molecule has 188 valence electrons. The first-order chi connectivity index (χ1) is 15.9. The van der Waals surface area contributed by atoms with E-state index < -0.39 is 16.7 Å². The molecule has 0 radical (unpaired) electrons. The summed E-state index contributed by atoms with van der Waals surface area (Å²) in [6, 6.07) is 7.72. The van der Waals surface area contributed by atoms with Crippen molar-refractivity contribution in [1.82, 2.24) is 0 Å². The molecule has 0 spiro atoms. The smallest absolute Gasteiger partial charge is 0.227 e. The number of rotatable bonds is 11. The third-order valence-corrected chi connectivity index (χ3v) is 7.86. The van der Waals surface area contributed by atoms with Gasteiger partial charge in [-0.05, 0) is 54.7 Å². The van der Waals surface area contributed by atoms with Gasteiger partial charge in [0.15, 0.2) is 11.6 Å². The molecule has 0 bridgehead atoms. The van der Waals surface area contributed by atoms with Crippen LogP contribution in [0.5, 0.6) is 0 Å². The largest absolute Gasteiger partial charge is 0.369 e. The van der Waals surface area contributed by atoms with Crippen LogP contribution in [-0.4, -0.2) is 49.4 Å². The van der Waals surface area contributed by atoms with Gasteiger partial charge < -0.3 is 9.80 Å². The van der Waals surface area contributed by atoms with Crippen LogP contribution in [0.2, 0.25) is 0 Å². The van der Waals surface area contributed by atoms with Crippen molar-refractivity contribution in [2.75, 3.05) is 41.7 Å². The van der Waals surface area contributed by atoms with E-state index in [1.54, 1.807) is 18.9 Å². The van der Waals surface area contributed by atoms with Gasteiger partial charge in [0, 0.05) is 61.0 Å². The van der Waals surface area contributed by atoms with E-state index in [1.165, 1.54) is 6.08 Å². The molecule has 1 aromatic rings. The lowest BCUT2D eigenvalue weighted by molar-refractivity contribution is -0.147. The van der Waals surface area contributed by atoms with Crippen molar-refractivity contribution < 1.29 is 14.4 Å². The Balaban J connectivity index is 2.26. The number of hydrogen-bond donors (Lipinski definition) is 0. The van der Waals surface area contributed by atoms with Crippen LogP contribution in [-0.2, 0) is 14.4 Å². The number of hydrogen-bond acceptors (Lipinski definition) is 4. The molecule has 0 saturated carbocycles. The minimum absolute atomic E-state index is 0.0202. The van der Waals surface area contributed by atoms with E-state index in [9.17, 15) is 14.4 Å². The number of carbonyl (C=O) groups excluding carboxylic acids is 3. The zero-order chi connectivity index (χ0) is 25.7. The SMILES string of the molecule is CCCC1C(=O)C(C)=CC(=O)C1(C)C(C)(C)CC(=O)N(C)c1ccc(N(CCCl)CCCl)cc1. The number of amides is 1. The van der Waals surface area contributed by atoms with Crippen molar-refractivity contribution in [3.05, 3.63) is 35.9 Å². The zero-order valence-corrected chi connectivity index (χ0v) is 22.8. The van der Waals surface area contributed by atoms with Gasteiger partial charge in [-0.3, -0.25) is 14.4 Å². The third kappa shape index (κ3) is 5.68. The number of Topliss-reactive ketones (excluding diaryl/α,β-unsaturated/α-hetero) is 1. The van der Waals surface area contributed by atoms with Crippen molar-refractivity contribution in [2.24, 2.45) is 16.7 Å². The van der Waals surface area contributed by atoms with Gasteiger partial charge in [0.25, 0.3) is 0 Å². The van der Waals surface area contributed by atoms with E-state index in [1.807, 2.05) is 52.0 Å². The highest BCUT2D eigenvalue weighted by Gasteiger charge is 2.56. The van der Waals surface area contributed by atoms with Gasteiger partial charge in [0.05, 0.1) is 0 Å². The van der Waals surface area contributed by atoms with Gasteiger partial charge in [0.2, 0.25) is 5.91 Å². The van der Waals surface area contributed by atoms with Gasteiger partial charge in [-0.1, -0.05) is 34.1 Å². The molecule has 1 aliphatic carbocycles. The molecular weight excluding hydrogens is 471 g/mol. The predicted octanol–water partition coefficient (Wildman–Crippen LogP) is 5.87. The van der Waals surface area contributed by atoms with Crippen LogP contribution < -0.4 is 9.80 Å². The van der Waals surface area contributed by atoms with E-state index in [0.717, 1.165) is 17.8 Å². The number of benzene rings is 1. The Morgan fingerprint density at radius 2 is 1.59 bits per heavy atom. The quantitative estimate of drug-likeness (QED) is 0.350. The minimum atomic E-state index is -0.941. The van der Waals surface area contributed by atoms with Gasteiger partial charge in [-0.25, -0.2) is 0 Å². The van der Waals surface area contributed by atoms with Crippen molar-refractivity contribution in [2.45, 2.75) is 53.9 Å². The maximum Gasteiger partial charge on any atom is 0.227 e. The molecule has 0 aromatic heterocycles. The van der Waals surface area contributed by atoms with Crippen molar-refractivity contribution in [3.63, 3.8) is 0 Å². The molecule has 2 unspecified atom stereocenters. The molecule has 5 nitrogen and oxygen atoms in total. The summed E-state index contributed by atoms with van der Waals surface area (Å²) in [7, 11) is 1.74. The molecule has 2 atom stereocenters.